The van der Waals surface area contributed by atoms with Crippen LogP contribution in [0.4, 0.5) is 0 Å². The SMILES string of the molecule is C1CCC(C2O[C@@H](C3CCCCC3)[C@H](C3CCCCC3)O2)CC1. The summed E-state index contributed by atoms with van der Waals surface area (Å²) in [7, 11) is 0. The van der Waals surface area contributed by atoms with Gasteiger partial charge in [-0.2, -0.15) is 0 Å². The molecule has 2 nitrogen and oxygen atoms in total. The molecule has 4 fully saturated rings. The molecule has 4 aliphatic rings. The van der Waals surface area contributed by atoms with E-state index in [2.05, 4.69) is 0 Å². The fraction of sp³-hybridized carbons (Fsp3) is 1.00. The van der Waals surface area contributed by atoms with Crippen molar-refractivity contribution in [1.82, 2.24) is 0 Å². The molecule has 0 amide bonds. The molecule has 0 spiro atoms. The van der Waals surface area contributed by atoms with Crippen LogP contribution in [0.2, 0.25) is 0 Å². The first-order valence-corrected chi connectivity index (χ1v) is 10.7. The Hall–Kier alpha value is -0.0800. The smallest absolute Gasteiger partial charge is 0.161 e. The second-order valence-corrected chi connectivity index (χ2v) is 8.76. The van der Waals surface area contributed by atoms with Crippen LogP contribution in [0.3, 0.4) is 0 Å². The van der Waals surface area contributed by atoms with Gasteiger partial charge in [0.1, 0.15) is 0 Å². The molecule has 1 saturated heterocycles. The summed E-state index contributed by atoms with van der Waals surface area (Å²) in [6, 6.07) is 0. The lowest BCUT2D eigenvalue weighted by Gasteiger charge is -2.34. The fourth-order valence-corrected chi connectivity index (χ4v) is 5.81. The van der Waals surface area contributed by atoms with Gasteiger partial charge in [-0.05, 0) is 50.4 Å². The number of ether oxygens (including phenoxy) is 2. The summed E-state index contributed by atoms with van der Waals surface area (Å²) in [5.41, 5.74) is 0. The van der Waals surface area contributed by atoms with Crippen molar-refractivity contribution < 1.29 is 9.47 Å². The van der Waals surface area contributed by atoms with Gasteiger partial charge in [0.15, 0.2) is 6.29 Å². The van der Waals surface area contributed by atoms with E-state index in [1.165, 1.54) is 96.3 Å². The number of hydrogen-bond donors (Lipinski definition) is 0. The van der Waals surface area contributed by atoms with E-state index in [0.717, 1.165) is 11.8 Å². The van der Waals surface area contributed by atoms with E-state index in [1.807, 2.05) is 0 Å². The van der Waals surface area contributed by atoms with Gasteiger partial charge in [0, 0.05) is 5.92 Å². The summed E-state index contributed by atoms with van der Waals surface area (Å²) in [4.78, 5) is 0. The molecular formula is C21H36O2. The monoisotopic (exact) mass is 320 g/mol. The van der Waals surface area contributed by atoms with E-state index in [-0.39, 0.29) is 6.29 Å². The molecule has 0 radical (unpaired) electrons. The molecule has 132 valence electrons. The summed E-state index contributed by atoms with van der Waals surface area (Å²) >= 11 is 0. The van der Waals surface area contributed by atoms with Crippen LogP contribution in [-0.4, -0.2) is 18.5 Å². The van der Waals surface area contributed by atoms with Gasteiger partial charge in [0.2, 0.25) is 0 Å². The molecule has 3 aliphatic carbocycles. The third-order valence-electron chi connectivity index (χ3n) is 7.17. The Morgan fingerprint density at radius 2 is 0.739 bits per heavy atom. The van der Waals surface area contributed by atoms with Crippen LogP contribution in [-0.2, 0) is 9.47 Å². The van der Waals surface area contributed by atoms with Crippen molar-refractivity contribution in [3.05, 3.63) is 0 Å². The zero-order chi connectivity index (χ0) is 15.5. The van der Waals surface area contributed by atoms with Crippen molar-refractivity contribution in [2.24, 2.45) is 17.8 Å². The molecule has 0 aromatic heterocycles. The lowest BCUT2D eigenvalue weighted by atomic mass is 9.77. The molecule has 3 saturated carbocycles. The van der Waals surface area contributed by atoms with E-state index in [1.54, 1.807) is 0 Å². The third-order valence-corrected chi connectivity index (χ3v) is 7.17. The average Bonchev–Trinajstić information content (AvgIpc) is 3.09. The molecule has 0 unspecified atom stereocenters. The van der Waals surface area contributed by atoms with Gasteiger partial charge in [0.25, 0.3) is 0 Å². The lowest BCUT2D eigenvalue weighted by molar-refractivity contribution is -0.121. The molecule has 1 aliphatic heterocycles. The number of hydrogen-bond acceptors (Lipinski definition) is 2. The predicted octanol–water partition coefficient (Wildman–Crippen LogP) is 5.84. The van der Waals surface area contributed by atoms with E-state index >= 15 is 0 Å². The lowest BCUT2D eigenvalue weighted by Crippen LogP contribution is -2.38. The van der Waals surface area contributed by atoms with E-state index < -0.39 is 0 Å². The Labute approximate surface area is 142 Å². The minimum Gasteiger partial charge on any atom is -0.346 e. The van der Waals surface area contributed by atoms with Gasteiger partial charge in [-0.25, -0.2) is 0 Å². The van der Waals surface area contributed by atoms with Crippen LogP contribution in [0, 0.1) is 17.8 Å². The van der Waals surface area contributed by atoms with Crippen molar-refractivity contribution in [3.63, 3.8) is 0 Å². The quantitative estimate of drug-likeness (QED) is 0.650. The molecule has 0 aromatic rings. The number of rotatable bonds is 3. The second kappa shape index (κ2) is 7.87. The summed E-state index contributed by atoms with van der Waals surface area (Å²) in [6.07, 6.45) is 21.9. The van der Waals surface area contributed by atoms with Crippen LogP contribution in [0.1, 0.15) is 96.3 Å². The van der Waals surface area contributed by atoms with Gasteiger partial charge in [-0.1, -0.05) is 57.8 Å². The first-order valence-electron chi connectivity index (χ1n) is 10.7. The third kappa shape index (κ3) is 3.79. The fourth-order valence-electron chi connectivity index (χ4n) is 5.81. The molecule has 2 atom stereocenters. The molecule has 23 heavy (non-hydrogen) atoms. The molecular weight excluding hydrogens is 284 g/mol. The van der Waals surface area contributed by atoms with Crippen molar-refractivity contribution in [1.29, 1.82) is 0 Å². The summed E-state index contributed by atoms with van der Waals surface area (Å²) in [5, 5.41) is 0. The predicted molar refractivity (Wildman–Crippen MR) is 93.3 cm³/mol. The Bertz CT molecular complexity index is 325. The Morgan fingerprint density at radius 3 is 1.13 bits per heavy atom. The van der Waals surface area contributed by atoms with Crippen LogP contribution in [0.5, 0.6) is 0 Å². The molecule has 0 bridgehead atoms. The minimum absolute atomic E-state index is 0.133. The largest absolute Gasteiger partial charge is 0.346 e. The van der Waals surface area contributed by atoms with Crippen LogP contribution >= 0.6 is 0 Å². The average molecular weight is 321 g/mol. The zero-order valence-corrected chi connectivity index (χ0v) is 14.9. The Balaban J connectivity index is 1.45. The maximum Gasteiger partial charge on any atom is 0.161 e. The van der Waals surface area contributed by atoms with Gasteiger partial charge in [0.05, 0.1) is 12.2 Å². The van der Waals surface area contributed by atoms with Crippen molar-refractivity contribution >= 4 is 0 Å². The first-order chi connectivity index (χ1) is 11.4. The minimum atomic E-state index is 0.133. The maximum absolute atomic E-state index is 6.68. The van der Waals surface area contributed by atoms with Crippen LogP contribution in [0.25, 0.3) is 0 Å². The van der Waals surface area contributed by atoms with Gasteiger partial charge < -0.3 is 9.47 Å². The van der Waals surface area contributed by atoms with Crippen LogP contribution < -0.4 is 0 Å². The van der Waals surface area contributed by atoms with E-state index in [0.29, 0.717) is 18.1 Å². The summed E-state index contributed by atoms with van der Waals surface area (Å²) in [5.74, 6) is 2.25. The molecule has 0 N–H and O–H groups in total. The Morgan fingerprint density at radius 1 is 0.391 bits per heavy atom. The summed E-state index contributed by atoms with van der Waals surface area (Å²) in [6.45, 7) is 0. The van der Waals surface area contributed by atoms with Gasteiger partial charge >= 0.3 is 0 Å². The van der Waals surface area contributed by atoms with E-state index in [4.69, 9.17) is 9.47 Å². The standard InChI is InChI=1S/C21H36O2/c1-4-10-16(11-5-1)19-20(17-12-6-2-7-13-17)23-21(22-19)18-14-8-3-9-15-18/h16-21H,1-15H2/t19-,20-/m0/s1. The Kier molecular flexibility index (Phi) is 5.61. The highest BCUT2D eigenvalue weighted by atomic mass is 16.7. The van der Waals surface area contributed by atoms with E-state index in [9.17, 15) is 0 Å². The molecule has 2 heteroatoms. The van der Waals surface area contributed by atoms with Crippen molar-refractivity contribution in [2.45, 2.75) is 115 Å². The summed E-state index contributed by atoms with van der Waals surface area (Å²) < 4.78 is 13.4. The highest BCUT2D eigenvalue weighted by Gasteiger charge is 2.46. The van der Waals surface area contributed by atoms with Gasteiger partial charge in [-0.15, -0.1) is 0 Å². The highest BCUT2D eigenvalue weighted by molar-refractivity contribution is 4.91. The molecule has 1 heterocycles. The van der Waals surface area contributed by atoms with Crippen molar-refractivity contribution in [3.8, 4) is 0 Å². The van der Waals surface area contributed by atoms with Crippen LogP contribution in [0.15, 0.2) is 0 Å². The second-order valence-electron chi connectivity index (χ2n) is 8.76. The first kappa shape index (κ1) is 16.4. The van der Waals surface area contributed by atoms with Gasteiger partial charge in [-0.3, -0.25) is 0 Å². The topological polar surface area (TPSA) is 18.5 Å². The molecule has 4 rings (SSSR count). The highest BCUT2D eigenvalue weighted by Crippen LogP contribution is 2.44. The molecule has 0 aromatic carbocycles. The van der Waals surface area contributed by atoms with Crippen molar-refractivity contribution in [2.75, 3.05) is 0 Å². The zero-order valence-electron chi connectivity index (χ0n) is 14.9. The normalized spacial score (nSPS) is 36.5. The maximum atomic E-state index is 6.68.